The lowest BCUT2D eigenvalue weighted by Gasteiger charge is -2.33. The lowest BCUT2D eigenvalue weighted by molar-refractivity contribution is -0.125. The van der Waals surface area contributed by atoms with E-state index in [0.717, 1.165) is 37.9 Å². The van der Waals surface area contributed by atoms with Crippen LogP contribution in [0.3, 0.4) is 0 Å². The van der Waals surface area contributed by atoms with Crippen LogP contribution in [0.25, 0.3) is 0 Å². The minimum Gasteiger partial charge on any atom is -0.371 e. The van der Waals surface area contributed by atoms with Crippen molar-refractivity contribution in [1.82, 2.24) is 5.32 Å². The number of hydrogen-bond donors (Lipinski definition) is 1. The lowest BCUT2D eigenvalue weighted by atomic mass is 9.95. The first-order chi connectivity index (χ1) is 9.17. The van der Waals surface area contributed by atoms with Crippen LogP contribution in [0.4, 0.5) is 5.69 Å². The van der Waals surface area contributed by atoms with Gasteiger partial charge in [0.1, 0.15) is 0 Å². The molecule has 2 rings (SSSR count). The molecule has 0 aliphatic carbocycles. The predicted molar refractivity (Wildman–Crippen MR) is 75.8 cm³/mol. The smallest absolute Gasteiger partial charge is 0.222 e. The molecule has 0 atom stereocenters. The molecule has 1 heterocycles. The Hall–Kier alpha value is -1.55. The Morgan fingerprint density at radius 1 is 1.42 bits per heavy atom. The fourth-order valence-corrected chi connectivity index (χ4v) is 2.72. The van der Waals surface area contributed by atoms with Gasteiger partial charge in [-0.1, -0.05) is 17.7 Å². The average molecular weight is 281 g/mol. The third-order valence-corrected chi connectivity index (χ3v) is 3.93. The molecule has 102 valence electrons. The fourth-order valence-electron chi connectivity index (χ4n) is 2.50. The Bertz CT molecular complexity index is 482. The summed E-state index contributed by atoms with van der Waals surface area (Å²) in [5.41, 5.74) is 1.39. The van der Waals surface area contributed by atoms with Gasteiger partial charge in [-0.25, -0.2) is 0 Å². The van der Waals surface area contributed by atoms with E-state index >= 15 is 0 Å². The zero-order chi connectivity index (χ0) is 13.8. The zero-order valence-electron chi connectivity index (χ0n) is 10.9. The number of carbonyl (C=O) groups is 2. The minimum atomic E-state index is 0.0696. The van der Waals surface area contributed by atoms with Crippen LogP contribution >= 0.6 is 11.6 Å². The molecule has 1 aromatic rings. The summed E-state index contributed by atoms with van der Waals surface area (Å²) in [4.78, 5) is 24.8. The van der Waals surface area contributed by atoms with Gasteiger partial charge in [-0.15, -0.1) is 0 Å². The van der Waals surface area contributed by atoms with Crippen LogP contribution in [0.15, 0.2) is 18.2 Å². The summed E-state index contributed by atoms with van der Waals surface area (Å²) in [6.07, 6.45) is 2.39. The van der Waals surface area contributed by atoms with Crippen LogP contribution in [0.1, 0.15) is 23.2 Å². The monoisotopic (exact) mass is 280 g/mol. The van der Waals surface area contributed by atoms with Gasteiger partial charge < -0.3 is 10.2 Å². The molecule has 0 unspecified atom stereocenters. The molecule has 1 saturated heterocycles. The van der Waals surface area contributed by atoms with Crippen LogP contribution in [0, 0.1) is 5.92 Å². The van der Waals surface area contributed by atoms with Crippen molar-refractivity contribution in [2.24, 2.45) is 5.92 Å². The Morgan fingerprint density at radius 3 is 2.68 bits per heavy atom. The van der Waals surface area contributed by atoms with E-state index in [1.807, 2.05) is 12.1 Å². The molecule has 5 heteroatoms. The van der Waals surface area contributed by atoms with Crippen molar-refractivity contribution in [3.8, 4) is 0 Å². The summed E-state index contributed by atoms with van der Waals surface area (Å²) in [6.45, 7) is 1.53. The molecule has 1 fully saturated rings. The van der Waals surface area contributed by atoms with Crippen LogP contribution in [0.5, 0.6) is 0 Å². The van der Waals surface area contributed by atoms with E-state index in [-0.39, 0.29) is 11.8 Å². The van der Waals surface area contributed by atoms with Gasteiger partial charge in [-0.2, -0.15) is 0 Å². The standard InChI is InChI=1S/C14H17ClN2O2/c1-16-14(19)10-5-7-17(8-6-10)13-4-2-3-12(15)11(13)9-18/h2-4,9-10H,5-8H2,1H3,(H,16,19). The molecular weight excluding hydrogens is 264 g/mol. The fraction of sp³-hybridized carbons (Fsp3) is 0.429. The molecule has 4 nitrogen and oxygen atoms in total. The first kappa shape index (κ1) is 13.9. The quantitative estimate of drug-likeness (QED) is 0.863. The Balaban J connectivity index is 2.12. The first-order valence-corrected chi connectivity index (χ1v) is 6.75. The van der Waals surface area contributed by atoms with Crippen molar-refractivity contribution in [2.75, 3.05) is 25.0 Å². The average Bonchev–Trinajstić information content (AvgIpc) is 2.46. The summed E-state index contributed by atoms with van der Waals surface area (Å²) in [5, 5.41) is 3.16. The van der Waals surface area contributed by atoms with Crippen molar-refractivity contribution < 1.29 is 9.59 Å². The maximum atomic E-state index is 11.6. The summed E-state index contributed by atoms with van der Waals surface area (Å²) in [7, 11) is 1.66. The van der Waals surface area contributed by atoms with Crippen LogP contribution in [-0.4, -0.2) is 32.3 Å². The third-order valence-electron chi connectivity index (χ3n) is 3.60. The van der Waals surface area contributed by atoms with Crippen LogP contribution in [0.2, 0.25) is 5.02 Å². The number of nitrogens with zero attached hydrogens (tertiary/aromatic N) is 1. The zero-order valence-corrected chi connectivity index (χ0v) is 11.6. The van der Waals surface area contributed by atoms with E-state index in [1.165, 1.54) is 0 Å². The number of rotatable bonds is 3. The predicted octanol–water partition coefficient (Wildman–Crippen LogP) is 2.11. The van der Waals surface area contributed by atoms with Gasteiger partial charge in [0.25, 0.3) is 0 Å². The molecule has 1 aliphatic heterocycles. The summed E-state index contributed by atoms with van der Waals surface area (Å²) in [6, 6.07) is 5.46. The number of nitrogens with one attached hydrogen (secondary N) is 1. The second-order valence-electron chi connectivity index (χ2n) is 4.67. The molecule has 1 aliphatic rings. The molecule has 0 bridgehead atoms. The largest absolute Gasteiger partial charge is 0.371 e. The first-order valence-electron chi connectivity index (χ1n) is 6.37. The second kappa shape index (κ2) is 6.06. The van der Waals surface area contributed by atoms with Crippen molar-refractivity contribution in [2.45, 2.75) is 12.8 Å². The number of anilines is 1. The molecule has 0 saturated carbocycles. The highest BCUT2D eigenvalue weighted by molar-refractivity contribution is 6.33. The molecule has 1 aromatic carbocycles. The van der Waals surface area contributed by atoms with Crippen molar-refractivity contribution in [3.05, 3.63) is 28.8 Å². The van der Waals surface area contributed by atoms with Gasteiger partial charge in [0.2, 0.25) is 5.91 Å². The SMILES string of the molecule is CNC(=O)C1CCN(c2cccc(Cl)c2C=O)CC1. The van der Waals surface area contributed by atoms with Crippen LogP contribution < -0.4 is 10.2 Å². The highest BCUT2D eigenvalue weighted by Gasteiger charge is 2.25. The number of piperidine rings is 1. The van der Waals surface area contributed by atoms with E-state index in [2.05, 4.69) is 10.2 Å². The maximum Gasteiger partial charge on any atom is 0.222 e. The molecule has 1 amide bonds. The van der Waals surface area contributed by atoms with Crippen LogP contribution in [-0.2, 0) is 4.79 Å². The molecule has 1 N–H and O–H groups in total. The molecular formula is C14H17ClN2O2. The van der Waals surface area contributed by atoms with Crippen molar-refractivity contribution in [1.29, 1.82) is 0 Å². The molecule has 0 spiro atoms. The topological polar surface area (TPSA) is 49.4 Å². The number of amides is 1. The number of halogens is 1. The summed E-state index contributed by atoms with van der Waals surface area (Å²) in [5.74, 6) is 0.168. The van der Waals surface area contributed by atoms with E-state index in [0.29, 0.717) is 10.6 Å². The summed E-state index contributed by atoms with van der Waals surface area (Å²) < 4.78 is 0. The molecule has 0 radical (unpaired) electrons. The Kier molecular flexibility index (Phi) is 4.43. The second-order valence-corrected chi connectivity index (χ2v) is 5.07. The molecule has 0 aromatic heterocycles. The van der Waals surface area contributed by atoms with Gasteiger partial charge in [-0.3, -0.25) is 9.59 Å². The van der Waals surface area contributed by atoms with E-state index in [9.17, 15) is 9.59 Å². The number of hydrogen-bond acceptors (Lipinski definition) is 3. The number of aldehydes is 1. The number of benzene rings is 1. The third kappa shape index (κ3) is 2.89. The van der Waals surface area contributed by atoms with Crippen molar-refractivity contribution in [3.63, 3.8) is 0 Å². The Labute approximate surface area is 117 Å². The van der Waals surface area contributed by atoms with Gasteiger partial charge in [0.15, 0.2) is 6.29 Å². The summed E-state index contributed by atoms with van der Waals surface area (Å²) >= 11 is 6.03. The van der Waals surface area contributed by atoms with E-state index in [4.69, 9.17) is 11.6 Å². The van der Waals surface area contributed by atoms with Gasteiger partial charge in [-0.05, 0) is 25.0 Å². The van der Waals surface area contributed by atoms with Gasteiger partial charge in [0, 0.05) is 31.7 Å². The highest BCUT2D eigenvalue weighted by Crippen LogP contribution is 2.29. The normalized spacial score (nSPS) is 16.2. The molecule has 19 heavy (non-hydrogen) atoms. The van der Waals surface area contributed by atoms with E-state index < -0.39 is 0 Å². The minimum absolute atomic E-state index is 0.0696. The van der Waals surface area contributed by atoms with Gasteiger partial charge >= 0.3 is 0 Å². The maximum absolute atomic E-state index is 11.6. The number of carbonyl (C=O) groups excluding carboxylic acids is 2. The van der Waals surface area contributed by atoms with Gasteiger partial charge in [0.05, 0.1) is 10.6 Å². The lowest BCUT2D eigenvalue weighted by Crippen LogP contribution is -2.39. The van der Waals surface area contributed by atoms with Crippen molar-refractivity contribution >= 4 is 29.5 Å². The highest BCUT2D eigenvalue weighted by atomic mass is 35.5. The van der Waals surface area contributed by atoms with E-state index in [1.54, 1.807) is 13.1 Å². The Morgan fingerprint density at radius 2 is 2.11 bits per heavy atom.